The molecule has 0 heterocycles. The van der Waals surface area contributed by atoms with E-state index in [-0.39, 0.29) is 6.61 Å². The van der Waals surface area contributed by atoms with Crippen LogP contribution in [0.4, 0.5) is 0 Å². The monoisotopic (exact) mass is 682 g/mol. The van der Waals surface area contributed by atoms with Gasteiger partial charge in [0.25, 0.3) is 0 Å². The Labute approximate surface area is 300 Å². The minimum absolute atomic E-state index is 0.308. The minimum atomic E-state index is -1.07. The predicted octanol–water partition coefficient (Wildman–Crippen LogP) is 12.3. The van der Waals surface area contributed by atoms with Crippen molar-refractivity contribution in [2.75, 3.05) is 6.61 Å². The molecule has 0 saturated carbocycles. The quantitative estimate of drug-likeness (QED) is 0.0485. The van der Waals surface area contributed by atoms with E-state index in [1.807, 2.05) is 0 Å². The summed E-state index contributed by atoms with van der Waals surface area (Å²) in [6.07, 6.45) is 43.8. The van der Waals surface area contributed by atoms with Crippen molar-refractivity contribution in [3.05, 3.63) is 0 Å². The molecule has 0 fully saturated rings. The number of aliphatic hydroxyl groups excluding tert-OH is 3. The standard InChI is InChI=1S/C43H87NO4/c1-3-5-7-9-11-13-15-17-19-20-21-22-24-25-27-29-31-33-35-37-41(46)40(39-45)44-43(48)42(47)38-36-34-32-30-28-26-23-18-16-14-12-10-8-6-4-2/h40-42,45-47H,3-39H2,1-2H3,(H,44,48). The number of carbonyl (C=O) groups excluding carboxylic acids is 1. The first-order valence-corrected chi connectivity index (χ1v) is 21.8. The van der Waals surface area contributed by atoms with Crippen molar-refractivity contribution >= 4 is 5.91 Å². The number of amides is 1. The molecule has 0 aliphatic heterocycles. The van der Waals surface area contributed by atoms with Crippen LogP contribution in [-0.4, -0.2) is 46.1 Å². The van der Waals surface area contributed by atoms with Gasteiger partial charge in [0.2, 0.25) is 5.91 Å². The molecule has 0 aromatic heterocycles. The van der Waals surface area contributed by atoms with Crippen LogP contribution >= 0.6 is 0 Å². The summed E-state index contributed by atoms with van der Waals surface area (Å²) in [5, 5.41) is 33.3. The summed E-state index contributed by atoms with van der Waals surface area (Å²) in [5.74, 6) is -0.466. The molecule has 1 amide bonds. The summed E-state index contributed by atoms with van der Waals surface area (Å²) in [6, 6.07) is -0.705. The summed E-state index contributed by atoms with van der Waals surface area (Å²) >= 11 is 0. The van der Waals surface area contributed by atoms with Crippen molar-refractivity contribution in [1.82, 2.24) is 5.32 Å². The number of carbonyl (C=O) groups is 1. The molecule has 5 nitrogen and oxygen atoms in total. The largest absolute Gasteiger partial charge is 0.394 e. The number of nitrogens with one attached hydrogen (secondary N) is 1. The second kappa shape index (κ2) is 39.1. The maximum absolute atomic E-state index is 12.5. The summed E-state index contributed by atoms with van der Waals surface area (Å²) < 4.78 is 0. The van der Waals surface area contributed by atoms with Gasteiger partial charge < -0.3 is 20.6 Å². The smallest absolute Gasteiger partial charge is 0.249 e. The molecule has 3 unspecified atom stereocenters. The zero-order valence-corrected chi connectivity index (χ0v) is 32.6. The van der Waals surface area contributed by atoms with Gasteiger partial charge in [0.1, 0.15) is 6.10 Å². The molecule has 0 aliphatic carbocycles. The van der Waals surface area contributed by atoms with Gasteiger partial charge in [0.15, 0.2) is 0 Å². The molecule has 4 N–H and O–H groups in total. The first kappa shape index (κ1) is 47.4. The van der Waals surface area contributed by atoms with Gasteiger partial charge in [-0.15, -0.1) is 0 Å². The zero-order valence-electron chi connectivity index (χ0n) is 32.6. The Balaban J connectivity index is 3.58. The van der Waals surface area contributed by atoms with Crippen molar-refractivity contribution in [2.45, 2.75) is 263 Å². The van der Waals surface area contributed by atoms with Crippen molar-refractivity contribution in [1.29, 1.82) is 0 Å². The topological polar surface area (TPSA) is 89.8 Å². The highest BCUT2D eigenvalue weighted by atomic mass is 16.3. The normalized spacial score (nSPS) is 13.5. The lowest BCUT2D eigenvalue weighted by atomic mass is 10.0. The lowest BCUT2D eigenvalue weighted by molar-refractivity contribution is -0.131. The van der Waals surface area contributed by atoms with Gasteiger partial charge in [-0.1, -0.05) is 232 Å². The predicted molar refractivity (Wildman–Crippen MR) is 209 cm³/mol. The molecule has 0 rings (SSSR count). The molecule has 288 valence electrons. The summed E-state index contributed by atoms with van der Waals surface area (Å²) in [5.41, 5.74) is 0. The Morgan fingerprint density at radius 1 is 0.417 bits per heavy atom. The molecule has 0 spiro atoms. The van der Waals surface area contributed by atoms with Crippen LogP contribution in [0.15, 0.2) is 0 Å². The Kier molecular flexibility index (Phi) is 38.6. The second-order valence-corrected chi connectivity index (χ2v) is 15.3. The average Bonchev–Trinajstić information content (AvgIpc) is 3.09. The van der Waals surface area contributed by atoms with E-state index in [1.54, 1.807) is 0 Å². The fourth-order valence-electron chi connectivity index (χ4n) is 7.02. The number of aliphatic hydroxyl groups is 3. The molecular formula is C43H87NO4. The van der Waals surface area contributed by atoms with Crippen LogP contribution in [0.3, 0.4) is 0 Å². The lowest BCUT2D eigenvalue weighted by Crippen LogP contribution is -2.49. The van der Waals surface area contributed by atoms with Crippen molar-refractivity contribution < 1.29 is 20.1 Å². The van der Waals surface area contributed by atoms with Crippen molar-refractivity contribution in [3.63, 3.8) is 0 Å². The van der Waals surface area contributed by atoms with Crippen LogP contribution in [0.1, 0.15) is 245 Å². The van der Waals surface area contributed by atoms with E-state index >= 15 is 0 Å². The third-order valence-corrected chi connectivity index (χ3v) is 10.5. The van der Waals surface area contributed by atoms with E-state index in [1.165, 1.54) is 186 Å². The highest BCUT2D eigenvalue weighted by molar-refractivity contribution is 5.80. The van der Waals surface area contributed by atoms with Crippen LogP contribution in [-0.2, 0) is 4.79 Å². The lowest BCUT2D eigenvalue weighted by Gasteiger charge is -2.23. The molecule has 0 aromatic rings. The molecule has 0 aliphatic rings. The highest BCUT2D eigenvalue weighted by Gasteiger charge is 2.23. The maximum atomic E-state index is 12.5. The van der Waals surface area contributed by atoms with Crippen LogP contribution in [0.25, 0.3) is 0 Å². The Hall–Kier alpha value is -0.650. The van der Waals surface area contributed by atoms with Gasteiger partial charge in [-0.25, -0.2) is 0 Å². The van der Waals surface area contributed by atoms with Gasteiger partial charge >= 0.3 is 0 Å². The third-order valence-electron chi connectivity index (χ3n) is 10.5. The van der Waals surface area contributed by atoms with Crippen LogP contribution < -0.4 is 5.32 Å². The van der Waals surface area contributed by atoms with Gasteiger partial charge in [-0.05, 0) is 12.8 Å². The van der Waals surface area contributed by atoms with Gasteiger partial charge in [-0.3, -0.25) is 4.79 Å². The second-order valence-electron chi connectivity index (χ2n) is 15.3. The number of hydrogen-bond donors (Lipinski definition) is 4. The molecule has 48 heavy (non-hydrogen) atoms. The van der Waals surface area contributed by atoms with Crippen LogP contribution in [0.2, 0.25) is 0 Å². The van der Waals surface area contributed by atoms with E-state index in [0.29, 0.717) is 12.8 Å². The summed E-state index contributed by atoms with van der Waals surface area (Å²) in [4.78, 5) is 12.5. The highest BCUT2D eigenvalue weighted by Crippen LogP contribution is 2.17. The third kappa shape index (κ3) is 33.8. The van der Waals surface area contributed by atoms with E-state index in [2.05, 4.69) is 19.2 Å². The van der Waals surface area contributed by atoms with Gasteiger partial charge in [0.05, 0.1) is 18.8 Å². The first-order valence-electron chi connectivity index (χ1n) is 21.8. The van der Waals surface area contributed by atoms with Gasteiger partial charge in [0, 0.05) is 0 Å². The van der Waals surface area contributed by atoms with Crippen LogP contribution in [0, 0.1) is 0 Å². The minimum Gasteiger partial charge on any atom is -0.394 e. The number of unbranched alkanes of at least 4 members (excludes halogenated alkanes) is 32. The molecule has 0 bridgehead atoms. The van der Waals surface area contributed by atoms with Gasteiger partial charge in [-0.2, -0.15) is 0 Å². The van der Waals surface area contributed by atoms with Crippen LogP contribution in [0.5, 0.6) is 0 Å². The van der Waals surface area contributed by atoms with E-state index in [4.69, 9.17) is 0 Å². The van der Waals surface area contributed by atoms with E-state index in [9.17, 15) is 20.1 Å². The van der Waals surface area contributed by atoms with E-state index in [0.717, 1.165) is 32.1 Å². The number of hydrogen-bond acceptors (Lipinski definition) is 4. The van der Waals surface area contributed by atoms with Crippen molar-refractivity contribution in [3.8, 4) is 0 Å². The molecule has 5 heteroatoms. The average molecular weight is 682 g/mol. The van der Waals surface area contributed by atoms with Crippen molar-refractivity contribution in [2.24, 2.45) is 0 Å². The molecule has 0 aromatic carbocycles. The Morgan fingerprint density at radius 3 is 0.938 bits per heavy atom. The Bertz CT molecular complexity index is 630. The SMILES string of the molecule is CCCCCCCCCCCCCCCCCCCCCC(O)C(CO)NC(=O)C(O)CCCCCCCCCCCCCCCCC. The molecule has 3 atom stereocenters. The zero-order chi connectivity index (χ0) is 35.2. The molecule has 0 radical (unpaired) electrons. The molecule has 0 saturated heterocycles. The fraction of sp³-hybridized carbons (Fsp3) is 0.977. The van der Waals surface area contributed by atoms with E-state index < -0.39 is 24.2 Å². The maximum Gasteiger partial charge on any atom is 0.249 e. The fourth-order valence-corrected chi connectivity index (χ4v) is 7.02. The summed E-state index contributed by atoms with van der Waals surface area (Å²) in [6.45, 7) is 4.25. The first-order chi connectivity index (χ1) is 23.6. The summed E-state index contributed by atoms with van der Waals surface area (Å²) in [7, 11) is 0. The Morgan fingerprint density at radius 2 is 0.667 bits per heavy atom. The number of rotatable bonds is 40. The molecular weight excluding hydrogens is 594 g/mol.